The average Bonchev–Trinajstić information content (AvgIpc) is 2.43. The molecular formula is C16H24O6. The molecule has 0 aromatic heterocycles. The SMILES string of the molecule is COCO[C@H]1C/C=C/C(=O)O[C@H](C)C/C=C/C(=O)O[C@H](C)C1. The van der Waals surface area contributed by atoms with Crippen LogP contribution in [0.4, 0.5) is 0 Å². The van der Waals surface area contributed by atoms with Gasteiger partial charge in [-0.3, -0.25) is 0 Å². The Morgan fingerprint density at radius 3 is 2.27 bits per heavy atom. The molecule has 1 heterocycles. The molecule has 0 spiro atoms. The van der Waals surface area contributed by atoms with E-state index in [1.54, 1.807) is 26.0 Å². The highest BCUT2D eigenvalue weighted by Crippen LogP contribution is 2.12. The molecule has 6 nitrogen and oxygen atoms in total. The normalized spacial score (nSPS) is 30.8. The van der Waals surface area contributed by atoms with Crippen molar-refractivity contribution in [2.45, 2.75) is 51.4 Å². The van der Waals surface area contributed by atoms with E-state index in [1.165, 1.54) is 19.3 Å². The summed E-state index contributed by atoms with van der Waals surface area (Å²) < 4.78 is 20.9. The molecule has 0 unspecified atom stereocenters. The van der Waals surface area contributed by atoms with Crippen molar-refractivity contribution < 1.29 is 28.5 Å². The van der Waals surface area contributed by atoms with Crippen molar-refractivity contribution in [3.05, 3.63) is 24.3 Å². The van der Waals surface area contributed by atoms with Gasteiger partial charge in [-0.25, -0.2) is 9.59 Å². The number of rotatable bonds is 3. The zero-order valence-electron chi connectivity index (χ0n) is 13.3. The summed E-state index contributed by atoms with van der Waals surface area (Å²) in [6.07, 6.45) is 6.76. The van der Waals surface area contributed by atoms with Crippen LogP contribution in [0.25, 0.3) is 0 Å². The Kier molecular flexibility index (Phi) is 8.47. The highest BCUT2D eigenvalue weighted by atomic mass is 16.7. The molecule has 6 heteroatoms. The van der Waals surface area contributed by atoms with Crippen molar-refractivity contribution in [3.63, 3.8) is 0 Å². The summed E-state index contributed by atoms with van der Waals surface area (Å²) in [5.74, 6) is -0.816. The molecule has 1 aliphatic heterocycles. The van der Waals surface area contributed by atoms with Gasteiger partial charge in [0.1, 0.15) is 19.0 Å². The van der Waals surface area contributed by atoms with Crippen LogP contribution in [-0.4, -0.2) is 44.2 Å². The van der Waals surface area contributed by atoms with E-state index in [4.69, 9.17) is 18.9 Å². The number of cyclic esters (lactones) is 2. The summed E-state index contributed by atoms with van der Waals surface area (Å²) in [5, 5.41) is 0. The highest BCUT2D eigenvalue weighted by Gasteiger charge is 2.16. The lowest BCUT2D eigenvalue weighted by atomic mass is 10.1. The highest BCUT2D eigenvalue weighted by molar-refractivity contribution is 5.82. The van der Waals surface area contributed by atoms with E-state index in [2.05, 4.69) is 0 Å². The molecule has 3 atom stereocenters. The number of methoxy groups -OCH3 is 1. The van der Waals surface area contributed by atoms with Gasteiger partial charge in [0.25, 0.3) is 0 Å². The third-order valence-corrected chi connectivity index (χ3v) is 3.03. The quantitative estimate of drug-likeness (QED) is 0.587. The first-order valence-corrected chi connectivity index (χ1v) is 7.36. The molecule has 0 aromatic rings. The van der Waals surface area contributed by atoms with E-state index < -0.39 is 11.9 Å². The predicted molar refractivity (Wildman–Crippen MR) is 80.0 cm³/mol. The van der Waals surface area contributed by atoms with Gasteiger partial charge in [-0.1, -0.05) is 12.2 Å². The van der Waals surface area contributed by atoms with Crippen LogP contribution < -0.4 is 0 Å². The smallest absolute Gasteiger partial charge is 0.330 e. The van der Waals surface area contributed by atoms with E-state index in [9.17, 15) is 9.59 Å². The van der Waals surface area contributed by atoms with Crippen molar-refractivity contribution in [1.82, 2.24) is 0 Å². The first kappa shape index (κ1) is 18.4. The zero-order chi connectivity index (χ0) is 16.4. The van der Waals surface area contributed by atoms with Gasteiger partial charge < -0.3 is 18.9 Å². The predicted octanol–water partition coefficient (Wildman–Crippen LogP) is 2.14. The lowest BCUT2D eigenvalue weighted by Gasteiger charge is -2.20. The topological polar surface area (TPSA) is 71.1 Å². The van der Waals surface area contributed by atoms with Crippen LogP contribution >= 0.6 is 0 Å². The number of ether oxygens (including phenoxy) is 4. The van der Waals surface area contributed by atoms with Gasteiger partial charge in [-0.15, -0.1) is 0 Å². The number of esters is 2. The minimum atomic E-state index is -0.413. The molecule has 0 amide bonds. The van der Waals surface area contributed by atoms with Gasteiger partial charge in [0.15, 0.2) is 0 Å². The van der Waals surface area contributed by atoms with Gasteiger partial charge in [-0.2, -0.15) is 0 Å². The Labute approximate surface area is 131 Å². The molecule has 0 radical (unpaired) electrons. The Hall–Kier alpha value is -1.66. The fraction of sp³-hybridized carbons (Fsp3) is 0.625. The van der Waals surface area contributed by atoms with Crippen LogP contribution in [0.2, 0.25) is 0 Å². The van der Waals surface area contributed by atoms with Crippen molar-refractivity contribution in [3.8, 4) is 0 Å². The van der Waals surface area contributed by atoms with Crippen LogP contribution in [0, 0.1) is 0 Å². The molecular weight excluding hydrogens is 288 g/mol. The minimum absolute atomic E-state index is 0.139. The fourth-order valence-electron chi connectivity index (χ4n) is 2.01. The van der Waals surface area contributed by atoms with Crippen LogP contribution in [0.5, 0.6) is 0 Å². The Balaban J connectivity index is 2.74. The van der Waals surface area contributed by atoms with Gasteiger partial charge in [0.2, 0.25) is 0 Å². The van der Waals surface area contributed by atoms with Gasteiger partial charge >= 0.3 is 11.9 Å². The fourth-order valence-corrected chi connectivity index (χ4v) is 2.01. The molecule has 0 bridgehead atoms. The average molecular weight is 312 g/mol. The second-order valence-electron chi connectivity index (χ2n) is 5.20. The standard InChI is InChI=1S/C16H24O6/c1-12-6-4-8-16(18)22-13(2)10-14(20-11-19-3)7-5-9-15(17)21-12/h4-5,8-9,12-14H,6-7,10-11H2,1-3H3/b8-4+,9-5+/t12-,13-,14+/m1/s1. The van der Waals surface area contributed by atoms with E-state index >= 15 is 0 Å². The van der Waals surface area contributed by atoms with Crippen LogP contribution in [0.3, 0.4) is 0 Å². The molecule has 22 heavy (non-hydrogen) atoms. The van der Waals surface area contributed by atoms with Gasteiger partial charge in [-0.05, 0) is 20.3 Å². The summed E-state index contributed by atoms with van der Waals surface area (Å²) in [6, 6.07) is 0. The third-order valence-electron chi connectivity index (χ3n) is 3.03. The van der Waals surface area contributed by atoms with Gasteiger partial charge in [0.05, 0.1) is 6.10 Å². The second kappa shape index (κ2) is 10.1. The molecule has 0 fully saturated rings. The molecule has 0 aliphatic carbocycles. The van der Waals surface area contributed by atoms with E-state index in [0.717, 1.165) is 0 Å². The first-order valence-electron chi connectivity index (χ1n) is 7.36. The third kappa shape index (κ3) is 7.95. The lowest BCUT2D eigenvalue weighted by Crippen LogP contribution is -2.23. The monoisotopic (exact) mass is 312 g/mol. The molecule has 0 N–H and O–H groups in total. The molecule has 0 saturated carbocycles. The maximum atomic E-state index is 11.7. The molecule has 0 aromatic carbocycles. The van der Waals surface area contributed by atoms with Crippen LogP contribution in [0.15, 0.2) is 24.3 Å². The second-order valence-corrected chi connectivity index (χ2v) is 5.20. The van der Waals surface area contributed by atoms with E-state index in [-0.39, 0.29) is 25.1 Å². The maximum absolute atomic E-state index is 11.7. The number of hydrogen-bond acceptors (Lipinski definition) is 6. The Bertz CT molecular complexity index is 415. The van der Waals surface area contributed by atoms with Gasteiger partial charge in [0, 0.05) is 32.1 Å². The van der Waals surface area contributed by atoms with Crippen molar-refractivity contribution in [2.75, 3.05) is 13.9 Å². The summed E-state index contributed by atoms with van der Waals surface area (Å²) in [4.78, 5) is 23.3. The minimum Gasteiger partial charge on any atom is -0.459 e. The summed E-state index contributed by atoms with van der Waals surface area (Å²) >= 11 is 0. The summed E-state index contributed by atoms with van der Waals surface area (Å²) in [5.41, 5.74) is 0. The number of carbonyl (C=O) groups is 2. The first-order chi connectivity index (χ1) is 10.5. The molecule has 0 saturated heterocycles. The lowest BCUT2D eigenvalue weighted by molar-refractivity contribution is -0.145. The maximum Gasteiger partial charge on any atom is 0.330 e. The van der Waals surface area contributed by atoms with Crippen LogP contribution in [-0.2, 0) is 28.5 Å². The summed E-state index contributed by atoms with van der Waals surface area (Å²) in [6.45, 7) is 3.71. The molecule has 124 valence electrons. The van der Waals surface area contributed by atoms with Crippen molar-refractivity contribution >= 4 is 11.9 Å². The number of hydrogen-bond donors (Lipinski definition) is 0. The summed E-state index contributed by atoms with van der Waals surface area (Å²) in [7, 11) is 1.53. The largest absolute Gasteiger partial charge is 0.459 e. The van der Waals surface area contributed by atoms with Crippen molar-refractivity contribution in [2.24, 2.45) is 0 Å². The van der Waals surface area contributed by atoms with E-state index in [0.29, 0.717) is 19.3 Å². The molecule has 1 rings (SSSR count). The van der Waals surface area contributed by atoms with Crippen LogP contribution in [0.1, 0.15) is 33.1 Å². The van der Waals surface area contributed by atoms with E-state index in [1.807, 2.05) is 0 Å². The zero-order valence-corrected chi connectivity index (χ0v) is 13.3. The van der Waals surface area contributed by atoms with Crippen molar-refractivity contribution in [1.29, 1.82) is 0 Å². The Morgan fingerprint density at radius 2 is 1.64 bits per heavy atom. The Morgan fingerprint density at radius 1 is 1.05 bits per heavy atom. The molecule has 1 aliphatic rings. The number of carbonyl (C=O) groups excluding carboxylic acids is 2.